The van der Waals surface area contributed by atoms with Gasteiger partial charge in [0, 0.05) is 19.4 Å². The lowest BCUT2D eigenvalue weighted by molar-refractivity contribution is 0.889. The molecule has 1 atom stereocenters. The topological polar surface area (TPSA) is 26.0 Å². The van der Waals surface area contributed by atoms with E-state index in [0.29, 0.717) is 10.0 Å². The molecule has 1 aromatic carbocycles. The van der Waals surface area contributed by atoms with E-state index in [0.717, 1.165) is 14.9 Å². The molecule has 0 spiro atoms. The molecule has 0 amide bonds. The molecule has 1 unspecified atom stereocenters. The van der Waals surface area contributed by atoms with Crippen LogP contribution in [0.2, 0.25) is 10.0 Å². The first-order valence-corrected chi connectivity index (χ1v) is 6.96. The first-order valence-electron chi connectivity index (χ1n) is 4.53. The van der Waals surface area contributed by atoms with Crippen LogP contribution in [0.15, 0.2) is 34.1 Å². The van der Waals surface area contributed by atoms with Crippen molar-refractivity contribution in [3.05, 3.63) is 54.6 Å². The third-order valence-corrected chi connectivity index (χ3v) is 4.75. The molecule has 0 aliphatic rings. The third-order valence-electron chi connectivity index (χ3n) is 2.22. The van der Waals surface area contributed by atoms with Crippen molar-refractivity contribution in [3.63, 3.8) is 0 Å². The fourth-order valence-corrected chi connectivity index (χ4v) is 3.48. The van der Waals surface area contributed by atoms with Crippen LogP contribution in [0.4, 0.5) is 0 Å². The van der Waals surface area contributed by atoms with Crippen LogP contribution in [0.1, 0.15) is 16.5 Å². The maximum absolute atomic E-state index is 6.17. The largest absolute Gasteiger partial charge is 0.320 e. The van der Waals surface area contributed by atoms with Gasteiger partial charge in [-0.3, -0.25) is 0 Å². The van der Waals surface area contributed by atoms with E-state index in [-0.39, 0.29) is 6.04 Å². The summed E-state index contributed by atoms with van der Waals surface area (Å²) in [7, 11) is 0. The van der Waals surface area contributed by atoms with E-state index in [2.05, 4.69) is 15.9 Å². The van der Waals surface area contributed by atoms with Gasteiger partial charge in [0.15, 0.2) is 0 Å². The van der Waals surface area contributed by atoms with Crippen LogP contribution in [-0.2, 0) is 0 Å². The van der Waals surface area contributed by atoms with Gasteiger partial charge in [0.1, 0.15) is 0 Å². The summed E-state index contributed by atoms with van der Waals surface area (Å²) in [6.45, 7) is 0. The molecule has 1 nitrogen and oxygen atoms in total. The lowest BCUT2D eigenvalue weighted by Crippen LogP contribution is -2.11. The van der Waals surface area contributed by atoms with E-state index in [4.69, 9.17) is 28.9 Å². The molecule has 5 heteroatoms. The SMILES string of the molecule is NC(c1cc(Cl)ccc1Cl)c1sccc1Br. The van der Waals surface area contributed by atoms with Crippen LogP contribution in [0.3, 0.4) is 0 Å². The second kappa shape index (κ2) is 5.07. The molecular weight excluding hydrogens is 329 g/mol. The second-order valence-electron chi connectivity index (χ2n) is 3.28. The Balaban J connectivity index is 2.45. The average Bonchev–Trinajstić information content (AvgIpc) is 2.67. The summed E-state index contributed by atoms with van der Waals surface area (Å²) in [5.74, 6) is 0. The number of nitrogens with two attached hydrogens (primary N) is 1. The van der Waals surface area contributed by atoms with Crippen LogP contribution in [-0.4, -0.2) is 0 Å². The average molecular weight is 337 g/mol. The first kappa shape index (κ1) is 12.4. The van der Waals surface area contributed by atoms with Crippen LogP contribution >= 0.6 is 50.5 Å². The van der Waals surface area contributed by atoms with Crippen molar-refractivity contribution in [1.29, 1.82) is 0 Å². The van der Waals surface area contributed by atoms with E-state index in [9.17, 15) is 0 Å². The molecule has 0 saturated carbocycles. The van der Waals surface area contributed by atoms with Gasteiger partial charge < -0.3 is 5.73 Å². The normalized spacial score (nSPS) is 12.8. The zero-order chi connectivity index (χ0) is 11.7. The molecule has 0 fully saturated rings. The molecule has 0 bridgehead atoms. The number of halogens is 3. The number of hydrogen-bond donors (Lipinski definition) is 1. The Labute approximate surface area is 116 Å². The molecule has 84 valence electrons. The van der Waals surface area contributed by atoms with Gasteiger partial charge in [0.2, 0.25) is 0 Å². The Bertz CT molecular complexity index is 512. The molecular formula is C11H8BrCl2NS. The smallest absolute Gasteiger partial charge is 0.0672 e. The monoisotopic (exact) mass is 335 g/mol. The molecule has 1 heterocycles. The van der Waals surface area contributed by atoms with Crippen molar-refractivity contribution in [1.82, 2.24) is 0 Å². The van der Waals surface area contributed by atoms with Crippen LogP contribution in [0.5, 0.6) is 0 Å². The molecule has 0 aliphatic carbocycles. The van der Waals surface area contributed by atoms with Gasteiger partial charge in [0.25, 0.3) is 0 Å². The van der Waals surface area contributed by atoms with Crippen molar-refractivity contribution in [2.45, 2.75) is 6.04 Å². The molecule has 16 heavy (non-hydrogen) atoms. The predicted octanol–water partition coefficient (Wildman–Crippen LogP) is 4.87. The Morgan fingerprint density at radius 1 is 1.25 bits per heavy atom. The first-order chi connectivity index (χ1) is 7.59. The lowest BCUT2D eigenvalue weighted by Gasteiger charge is -2.13. The van der Waals surface area contributed by atoms with Gasteiger partial charge in [-0.25, -0.2) is 0 Å². The van der Waals surface area contributed by atoms with Crippen LogP contribution in [0.25, 0.3) is 0 Å². The molecule has 2 N–H and O–H groups in total. The van der Waals surface area contributed by atoms with Crippen molar-refractivity contribution in [3.8, 4) is 0 Å². The number of benzene rings is 1. The van der Waals surface area contributed by atoms with E-state index in [1.807, 2.05) is 11.4 Å². The highest BCUT2D eigenvalue weighted by atomic mass is 79.9. The highest BCUT2D eigenvalue weighted by Gasteiger charge is 2.16. The van der Waals surface area contributed by atoms with Gasteiger partial charge in [-0.2, -0.15) is 0 Å². The Morgan fingerprint density at radius 2 is 2.00 bits per heavy atom. The minimum absolute atomic E-state index is 0.249. The number of thiophene rings is 1. The number of rotatable bonds is 2. The van der Waals surface area contributed by atoms with Gasteiger partial charge in [0.05, 0.1) is 6.04 Å². The number of hydrogen-bond acceptors (Lipinski definition) is 2. The molecule has 0 aliphatic heterocycles. The van der Waals surface area contributed by atoms with Gasteiger partial charge in [-0.05, 0) is 51.1 Å². The minimum atomic E-state index is -0.249. The highest BCUT2D eigenvalue weighted by Crippen LogP contribution is 2.35. The summed E-state index contributed by atoms with van der Waals surface area (Å²) >= 11 is 17.1. The molecule has 0 saturated heterocycles. The van der Waals surface area contributed by atoms with Crippen LogP contribution < -0.4 is 5.73 Å². The summed E-state index contributed by atoms with van der Waals surface area (Å²) in [6.07, 6.45) is 0. The van der Waals surface area contributed by atoms with Crippen molar-refractivity contribution in [2.24, 2.45) is 5.73 Å². The van der Waals surface area contributed by atoms with Crippen molar-refractivity contribution < 1.29 is 0 Å². The summed E-state index contributed by atoms with van der Waals surface area (Å²) in [6, 6.07) is 7.05. The summed E-state index contributed by atoms with van der Waals surface area (Å²) < 4.78 is 1.00. The Morgan fingerprint density at radius 3 is 2.62 bits per heavy atom. The van der Waals surface area contributed by atoms with E-state index >= 15 is 0 Å². The Kier molecular flexibility index (Phi) is 3.93. The van der Waals surface area contributed by atoms with Gasteiger partial charge >= 0.3 is 0 Å². The summed E-state index contributed by atoms with van der Waals surface area (Å²) in [4.78, 5) is 1.05. The van der Waals surface area contributed by atoms with E-state index in [1.54, 1.807) is 29.5 Å². The minimum Gasteiger partial charge on any atom is -0.320 e. The molecule has 2 aromatic rings. The standard InChI is InChI=1S/C11H8BrCl2NS/c12-8-3-4-16-11(8)10(15)7-5-6(13)1-2-9(7)14/h1-5,10H,15H2. The van der Waals surface area contributed by atoms with Crippen molar-refractivity contribution in [2.75, 3.05) is 0 Å². The van der Waals surface area contributed by atoms with E-state index in [1.165, 1.54) is 0 Å². The van der Waals surface area contributed by atoms with Crippen LogP contribution in [0, 0.1) is 0 Å². The fourth-order valence-electron chi connectivity index (χ4n) is 1.42. The zero-order valence-corrected chi connectivity index (χ0v) is 12.0. The van der Waals surface area contributed by atoms with E-state index < -0.39 is 0 Å². The molecule has 2 rings (SSSR count). The van der Waals surface area contributed by atoms with Gasteiger partial charge in [-0.1, -0.05) is 23.2 Å². The Hall–Kier alpha value is -0.0600. The fraction of sp³-hybridized carbons (Fsp3) is 0.0909. The predicted molar refractivity (Wildman–Crippen MR) is 74.5 cm³/mol. The highest BCUT2D eigenvalue weighted by molar-refractivity contribution is 9.10. The summed E-state index contributed by atoms with van der Waals surface area (Å²) in [5.41, 5.74) is 7.01. The third kappa shape index (κ3) is 2.44. The second-order valence-corrected chi connectivity index (χ2v) is 5.92. The molecule has 1 aromatic heterocycles. The maximum Gasteiger partial charge on any atom is 0.0672 e. The van der Waals surface area contributed by atoms with Gasteiger partial charge in [-0.15, -0.1) is 11.3 Å². The summed E-state index contributed by atoms with van der Waals surface area (Å²) in [5, 5.41) is 3.26. The lowest BCUT2D eigenvalue weighted by atomic mass is 10.1. The van der Waals surface area contributed by atoms with Crippen molar-refractivity contribution >= 4 is 50.5 Å². The maximum atomic E-state index is 6.17. The molecule has 0 radical (unpaired) electrons. The quantitative estimate of drug-likeness (QED) is 0.832. The zero-order valence-electron chi connectivity index (χ0n) is 8.08.